The fraction of sp³-hybridized carbons (Fsp3) is 0.714. The Labute approximate surface area is 119 Å². The van der Waals surface area contributed by atoms with Gasteiger partial charge in [-0.2, -0.15) is 0 Å². The van der Waals surface area contributed by atoms with Gasteiger partial charge in [-0.25, -0.2) is 4.98 Å². The van der Waals surface area contributed by atoms with E-state index in [-0.39, 0.29) is 23.9 Å². The highest BCUT2D eigenvalue weighted by molar-refractivity contribution is 5.82. The van der Waals surface area contributed by atoms with Crippen molar-refractivity contribution in [3.8, 4) is 0 Å². The lowest BCUT2D eigenvalue weighted by Gasteiger charge is -2.22. The Bertz CT molecular complexity index is 458. The first-order chi connectivity index (χ1) is 9.51. The molecule has 0 saturated carbocycles. The van der Waals surface area contributed by atoms with Crippen LogP contribution in [0.5, 0.6) is 0 Å². The number of amides is 1. The van der Waals surface area contributed by atoms with E-state index in [1.165, 1.54) is 0 Å². The number of carbonyl (C=O) groups excluding carboxylic acids is 1. The number of hydrogen-bond donors (Lipinski definition) is 2. The van der Waals surface area contributed by atoms with Crippen molar-refractivity contribution in [2.24, 2.45) is 5.73 Å². The van der Waals surface area contributed by atoms with E-state index in [1.54, 1.807) is 6.26 Å². The van der Waals surface area contributed by atoms with Crippen LogP contribution in [-0.2, 0) is 11.3 Å². The molecule has 1 saturated heterocycles. The first-order valence-corrected chi connectivity index (χ1v) is 7.22. The molecule has 1 aromatic heterocycles. The van der Waals surface area contributed by atoms with Crippen LogP contribution in [0, 0.1) is 0 Å². The van der Waals surface area contributed by atoms with Crippen LogP contribution in [0.25, 0.3) is 0 Å². The van der Waals surface area contributed by atoms with Gasteiger partial charge in [-0.1, -0.05) is 13.8 Å². The van der Waals surface area contributed by atoms with Gasteiger partial charge in [0.25, 0.3) is 0 Å². The van der Waals surface area contributed by atoms with Crippen molar-refractivity contribution >= 4 is 5.91 Å². The molecule has 1 aromatic rings. The van der Waals surface area contributed by atoms with Crippen LogP contribution in [0.2, 0.25) is 0 Å². The number of nitrogens with zero attached hydrogens (tertiary/aromatic N) is 2. The highest BCUT2D eigenvalue weighted by atomic mass is 16.3. The van der Waals surface area contributed by atoms with Crippen molar-refractivity contribution in [2.75, 3.05) is 13.1 Å². The molecule has 1 aliphatic heterocycles. The van der Waals surface area contributed by atoms with Gasteiger partial charge in [0.2, 0.25) is 5.91 Å². The highest BCUT2D eigenvalue weighted by Gasteiger charge is 2.35. The molecule has 0 bridgehead atoms. The summed E-state index contributed by atoms with van der Waals surface area (Å²) in [6, 6.07) is -0.122. The molecular weight excluding hydrogens is 256 g/mol. The van der Waals surface area contributed by atoms with Gasteiger partial charge in [-0.05, 0) is 13.3 Å². The van der Waals surface area contributed by atoms with E-state index >= 15 is 0 Å². The quantitative estimate of drug-likeness (QED) is 0.835. The number of likely N-dealkylation sites (tertiary alicyclic amines) is 1. The summed E-state index contributed by atoms with van der Waals surface area (Å²) >= 11 is 0. The maximum Gasteiger partial charge on any atom is 0.237 e. The van der Waals surface area contributed by atoms with Gasteiger partial charge >= 0.3 is 0 Å². The van der Waals surface area contributed by atoms with Crippen molar-refractivity contribution in [3.63, 3.8) is 0 Å². The Morgan fingerprint density at radius 3 is 3.00 bits per heavy atom. The van der Waals surface area contributed by atoms with Crippen molar-refractivity contribution in [1.82, 2.24) is 15.2 Å². The monoisotopic (exact) mass is 280 g/mol. The molecule has 0 aliphatic carbocycles. The number of likely N-dealkylation sites (N-methyl/N-ethyl adjacent to an activating group) is 1. The van der Waals surface area contributed by atoms with E-state index < -0.39 is 0 Å². The molecule has 1 fully saturated rings. The number of nitrogens with two attached hydrogens (primary N) is 1. The number of hydrogen-bond acceptors (Lipinski definition) is 5. The number of aromatic nitrogens is 1. The maximum atomic E-state index is 12.1. The summed E-state index contributed by atoms with van der Waals surface area (Å²) in [4.78, 5) is 18.6. The number of rotatable bonds is 5. The summed E-state index contributed by atoms with van der Waals surface area (Å²) < 4.78 is 5.44. The molecule has 6 nitrogen and oxygen atoms in total. The van der Waals surface area contributed by atoms with Gasteiger partial charge in [0.1, 0.15) is 6.26 Å². The minimum absolute atomic E-state index is 0.0408. The molecule has 1 amide bonds. The van der Waals surface area contributed by atoms with E-state index in [2.05, 4.69) is 15.2 Å². The zero-order valence-electron chi connectivity index (χ0n) is 12.4. The molecular formula is C14H24N4O2. The van der Waals surface area contributed by atoms with E-state index in [0.717, 1.165) is 11.6 Å². The minimum atomic E-state index is -0.163. The first-order valence-electron chi connectivity index (χ1n) is 7.22. The fourth-order valence-corrected chi connectivity index (χ4v) is 2.55. The van der Waals surface area contributed by atoms with E-state index in [9.17, 15) is 4.79 Å². The lowest BCUT2D eigenvalue weighted by Crippen LogP contribution is -2.42. The largest absolute Gasteiger partial charge is 0.448 e. The molecule has 2 atom stereocenters. The second-order valence-corrected chi connectivity index (χ2v) is 5.67. The van der Waals surface area contributed by atoms with Crippen LogP contribution < -0.4 is 11.1 Å². The zero-order valence-corrected chi connectivity index (χ0v) is 12.4. The second-order valence-electron chi connectivity index (χ2n) is 5.67. The maximum absolute atomic E-state index is 12.1. The van der Waals surface area contributed by atoms with Crippen molar-refractivity contribution in [2.45, 2.75) is 51.7 Å². The molecule has 20 heavy (non-hydrogen) atoms. The summed E-state index contributed by atoms with van der Waals surface area (Å²) in [5.74, 6) is 1.05. The number of oxazole rings is 1. The SMILES string of the molecule is CCNC(=O)[C@@H]1C[C@@H](N)CN1Cc1coc(C(C)C)n1. The van der Waals surface area contributed by atoms with Crippen molar-refractivity contribution in [1.29, 1.82) is 0 Å². The highest BCUT2D eigenvalue weighted by Crippen LogP contribution is 2.21. The molecule has 0 aromatic carbocycles. The lowest BCUT2D eigenvalue weighted by molar-refractivity contribution is -0.125. The molecule has 6 heteroatoms. The summed E-state index contributed by atoms with van der Waals surface area (Å²) in [6.07, 6.45) is 2.37. The van der Waals surface area contributed by atoms with Gasteiger partial charge in [0.15, 0.2) is 5.89 Å². The number of nitrogens with one attached hydrogen (secondary N) is 1. The van der Waals surface area contributed by atoms with Gasteiger partial charge in [-0.3, -0.25) is 9.69 Å². The predicted octanol–water partition coefficient (Wildman–Crippen LogP) is 0.836. The van der Waals surface area contributed by atoms with Crippen LogP contribution in [0.1, 0.15) is 44.7 Å². The Balaban J connectivity index is 2.03. The van der Waals surface area contributed by atoms with Crippen LogP contribution in [0.3, 0.4) is 0 Å². The Kier molecular flexibility index (Phi) is 4.77. The summed E-state index contributed by atoms with van der Waals surface area (Å²) in [6.45, 7) is 7.96. The second kappa shape index (κ2) is 6.37. The van der Waals surface area contributed by atoms with Crippen LogP contribution in [0.4, 0.5) is 0 Å². The molecule has 1 aliphatic rings. The minimum Gasteiger partial charge on any atom is -0.448 e. The third-order valence-corrected chi connectivity index (χ3v) is 3.52. The smallest absolute Gasteiger partial charge is 0.237 e. The van der Waals surface area contributed by atoms with Gasteiger partial charge in [0, 0.05) is 31.6 Å². The third-order valence-electron chi connectivity index (χ3n) is 3.52. The van der Waals surface area contributed by atoms with Gasteiger partial charge < -0.3 is 15.5 Å². The average Bonchev–Trinajstić information content (AvgIpc) is 2.97. The normalized spacial score (nSPS) is 23.4. The van der Waals surface area contributed by atoms with E-state index in [0.29, 0.717) is 26.1 Å². The summed E-state index contributed by atoms with van der Waals surface area (Å²) in [7, 11) is 0. The molecule has 0 radical (unpaired) electrons. The van der Waals surface area contributed by atoms with Crippen LogP contribution in [-0.4, -0.2) is 41.0 Å². The Hall–Kier alpha value is -1.40. The van der Waals surface area contributed by atoms with Crippen molar-refractivity contribution in [3.05, 3.63) is 17.8 Å². The van der Waals surface area contributed by atoms with E-state index in [4.69, 9.17) is 10.2 Å². The summed E-state index contributed by atoms with van der Waals surface area (Å²) in [5.41, 5.74) is 6.85. The molecule has 2 heterocycles. The Morgan fingerprint density at radius 2 is 2.40 bits per heavy atom. The van der Waals surface area contributed by atoms with Crippen LogP contribution in [0.15, 0.2) is 10.7 Å². The molecule has 2 rings (SSSR count). The average molecular weight is 280 g/mol. The van der Waals surface area contributed by atoms with E-state index in [1.807, 2.05) is 20.8 Å². The zero-order chi connectivity index (χ0) is 14.7. The summed E-state index contributed by atoms with van der Waals surface area (Å²) in [5, 5.41) is 2.87. The van der Waals surface area contributed by atoms with Gasteiger partial charge in [0.05, 0.1) is 11.7 Å². The molecule has 0 spiro atoms. The van der Waals surface area contributed by atoms with Crippen molar-refractivity contribution < 1.29 is 9.21 Å². The number of carbonyl (C=O) groups is 1. The third kappa shape index (κ3) is 3.37. The fourth-order valence-electron chi connectivity index (χ4n) is 2.55. The topological polar surface area (TPSA) is 84.4 Å². The van der Waals surface area contributed by atoms with Crippen LogP contribution >= 0.6 is 0 Å². The Morgan fingerprint density at radius 1 is 1.65 bits per heavy atom. The standard InChI is InChI=1S/C14H24N4O2/c1-4-16-13(19)12-5-10(15)6-18(12)7-11-8-20-14(17-11)9(2)3/h8-10,12H,4-7,15H2,1-3H3,(H,16,19)/t10-,12+/m1/s1. The molecule has 3 N–H and O–H groups in total. The first kappa shape index (κ1) is 15.0. The lowest BCUT2D eigenvalue weighted by atomic mass is 10.1. The predicted molar refractivity (Wildman–Crippen MR) is 76.1 cm³/mol. The molecule has 0 unspecified atom stereocenters. The molecule has 112 valence electrons. The van der Waals surface area contributed by atoms with Gasteiger partial charge in [-0.15, -0.1) is 0 Å².